The Labute approximate surface area is 107 Å². The summed E-state index contributed by atoms with van der Waals surface area (Å²) in [5.74, 6) is -0.305. The molecule has 0 aliphatic carbocycles. The first-order chi connectivity index (χ1) is 8.50. The molecule has 18 heavy (non-hydrogen) atoms. The summed E-state index contributed by atoms with van der Waals surface area (Å²) in [6, 6.07) is 2.46. The molecule has 0 spiro atoms. The molecule has 1 aliphatic heterocycles. The van der Waals surface area contributed by atoms with Gasteiger partial charge in [0, 0.05) is 26.2 Å². The summed E-state index contributed by atoms with van der Waals surface area (Å²) in [6.07, 6.45) is -0.603. The van der Waals surface area contributed by atoms with E-state index in [2.05, 4.69) is 5.32 Å². The van der Waals surface area contributed by atoms with Crippen LogP contribution in [-0.2, 0) is 0 Å². The Hall–Kier alpha value is -1.51. The first kappa shape index (κ1) is 12.9. The van der Waals surface area contributed by atoms with Crippen LogP contribution in [0.1, 0.15) is 9.67 Å². The van der Waals surface area contributed by atoms with Crippen molar-refractivity contribution >= 4 is 22.2 Å². The maximum atomic E-state index is 12.1. The highest BCUT2D eigenvalue weighted by Gasteiger charge is 2.32. The molecule has 0 radical (unpaired) electrons. The van der Waals surface area contributed by atoms with Gasteiger partial charge in [-0.2, -0.15) is 0 Å². The van der Waals surface area contributed by atoms with Crippen LogP contribution < -0.4 is 5.32 Å². The highest BCUT2D eigenvalue weighted by Crippen LogP contribution is 2.25. The number of carbonyl (C=O) groups excluding carboxylic acids is 1. The van der Waals surface area contributed by atoms with Gasteiger partial charge in [-0.15, -0.1) is 0 Å². The quantitative estimate of drug-likeness (QED) is 0.598. The van der Waals surface area contributed by atoms with Crippen molar-refractivity contribution in [1.29, 1.82) is 0 Å². The van der Waals surface area contributed by atoms with Crippen LogP contribution in [0, 0.1) is 10.1 Å². The predicted octanol–water partition coefficient (Wildman–Crippen LogP) is 0.0610. The van der Waals surface area contributed by atoms with Crippen LogP contribution in [0.15, 0.2) is 12.1 Å². The number of amides is 1. The minimum absolute atomic E-state index is 0.0585. The van der Waals surface area contributed by atoms with Gasteiger partial charge in [0.05, 0.1) is 21.9 Å². The summed E-state index contributed by atoms with van der Waals surface area (Å²) in [5, 5.41) is 23.2. The van der Waals surface area contributed by atoms with Crippen molar-refractivity contribution in [3.05, 3.63) is 27.1 Å². The molecule has 2 atom stereocenters. The second-order valence-corrected chi connectivity index (χ2v) is 5.17. The van der Waals surface area contributed by atoms with E-state index in [0.29, 0.717) is 18.0 Å². The average Bonchev–Trinajstić information content (AvgIpc) is 2.95. The molecule has 1 amide bonds. The third-order valence-corrected chi connectivity index (χ3v) is 3.98. The number of hydrogen-bond donors (Lipinski definition) is 2. The van der Waals surface area contributed by atoms with Crippen molar-refractivity contribution in [2.24, 2.45) is 0 Å². The van der Waals surface area contributed by atoms with Gasteiger partial charge in [-0.25, -0.2) is 0 Å². The highest BCUT2D eigenvalue weighted by atomic mass is 32.1. The number of aliphatic hydroxyl groups is 1. The molecule has 8 heteroatoms. The summed E-state index contributed by atoms with van der Waals surface area (Å²) in [4.78, 5) is 23.9. The maximum absolute atomic E-state index is 12.1. The van der Waals surface area contributed by atoms with Gasteiger partial charge in [0.25, 0.3) is 5.91 Å². The Balaban J connectivity index is 2.12. The van der Waals surface area contributed by atoms with Crippen molar-refractivity contribution < 1.29 is 14.8 Å². The second kappa shape index (κ2) is 5.01. The van der Waals surface area contributed by atoms with Crippen molar-refractivity contribution in [3.63, 3.8) is 0 Å². The van der Waals surface area contributed by atoms with Crippen molar-refractivity contribution in [3.8, 4) is 0 Å². The third-order valence-electron chi connectivity index (χ3n) is 2.95. The van der Waals surface area contributed by atoms with Crippen LogP contribution in [0.4, 0.5) is 5.00 Å². The van der Waals surface area contributed by atoms with E-state index in [4.69, 9.17) is 0 Å². The molecule has 0 unspecified atom stereocenters. The molecular formula is C10H13N3O4S. The number of nitro groups is 1. The van der Waals surface area contributed by atoms with E-state index in [9.17, 15) is 20.0 Å². The fourth-order valence-corrected chi connectivity index (χ4v) is 2.71. The van der Waals surface area contributed by atoms with Gasteiger partial charge < -0.3 is 15.3 Å². The minimum Gasteiger partial charge on any atom is -0.390 e. The molecule has 2 heterocycles. The molecule has 2 rings (SSSR count). The highest BCUT2D eigenvalue weighted by molar-refractivity contribution is 7.17. The van der Waals surface area contributed by atoms with Crippen molar-refractivity contribution in [1.82, 2.24) is 10.2 Å². The molecule has 98 valence electrons. The standard InChI is InChI=1S/C10H13N3O4S/c1-12(6-4-11-5-7(6)14)10(15)8-2-3-9(18-8)13(16)17/h2-3,6-7,11,14H,4-5H2,1H3/t6-,7-/m1/s1. The minimum atomic E-state index is -0.603. The maximum Gasteiger partial charge on any atom is 0.324 e. The summed E-state index contributed by atoms with van der Waals surface area (Å²) in [7, 11) is 1.59. The molecule has 0 aromatic carbocycles. The average molecular weight is 271 g/mol. The zero-order chi connectivity index (χ0) is 13.3. The summed E-state index contributed by atoms with van der Waals surface area (Å²) in [6.45, 7) is 0.976. The number of β-amino-alcohol motifs (C(OH)–C–C–N with tert-alkyl or cyclic N) is 1. The Morgan fingerprint density at radius 2 is 2.33 bits per heavy atom. The summed E-state index contributed by atoms with van der Waals surface area (Å²) >= 11 is 0.845. The predicted molar refractivity (Wildman–Crippen MR) is 65.7 cm³/mol. The summed E-state index contributed by atoms with van der Waals surface area (Å²) < 4.78 is 0. The number of likely N-dealkylation sites (N-methyl/N-ethyl adjacent to an activating group) is 1. The number of thiophene rings is 1. The van der Waals surface area contributed by atoms with Crippen LogP contribution in [0.5, 0.6) is 0 Å². The van der Waals surface area contributed by atoms with Crippen LogP contribution in [-0.4, -0.2) is 53.1 Å². The number of hydrogen-bond acceptors (Lipinski definition) is 6. The lowest BCUT2D eigenvalue weighted by Gasteiger charge is -2.25. The van der Waals surface area contributed by atoms with Gasteiger partial charge >= 0.3 is 5.00 Å². The van der Waals surface area contributed by atoms with E-state index in [1.807, 2.05) is 0 Å². The third kappa shape index (κ3) is 2.35. The number of carbonyl (C=O) groups is 1. The smallest absolute Gasteiger partial charge is 0.324 e. The van der Waals surface area contributed by atoms with E-state index in [1.165, 1.54) is 17.0 Å². The Kier molecular flexibility index (Phi) is 3.60. The van der Waals surface area contributed by atoms with Crippen LogP contribution in [0.25, 0.3) is 0 Å². The van der Waals surface area contributed by atoms with E-state index in [-0.39, 0.29) is 17.0 Å². The van der Waals surface area contributed by atoms with E-state index >= 15 is 0 Å². The first-order valence-corrected chi connectivity index (χ1v) is 6.22. The summed E-state index contributed by atoms with van der Waals surface area (Å²) in [5.41, 5.74) is 0. The van der Waals surface area contributed by atoms with Gasteiger partial charge in [-0.05, 0) is 6.07 Å². The normalized spacial score (nSPS) is 23.0. The molecule has 0 saturated carbocycles. The lowest BCUT2D eigenvalue weighted by atomic mass is 10.2. The molecule has 0 bridgehead atoms. The number of rotatable bonds is 3. The second-order valence-electron chi connectivity index (χ2n) is 4.10. The topological polar surface area (TPSA) is 95.7 Å². The molecule has 1 aliphatic rings. The van der Waals surface area contributed by atoms with Crippen LogP contribution >= 0.6 is 11.3 Å². The molecule has 1 fully saturated rings. The van der Waals surface area contributed by atoms with Gasteiger partial charge in [0.1, 0.15) is 0 Å². The monoisotopic (exact) mass is 271 g/mol. The van der Waals surface area contributed by atoms with Gasteiger partial charge in [-0.1, -0.05) is 11.3 Å². The molecule has 1 aromatic heterocycles. The van der Waals surface area contributed by atoms with Crippen LogP contribution in [0.3, 0.4) is 0 Å². The largest absolute Gasteiger partial charge is 0.390 e. The zero-order valence-corrected chi connectivity index (χ0v) is 10.5. The number of nitrogens with one attached hydrogen (secondary N) is 1. The fraction of sp³-hybridized carbons (Fsp3) is 0.500. The molecule has 1 aromatic rings. The van der Waals surface area contributed by atoms with E-state index in [0.717, 1.165) is 11.3 Å². The molecule has 1 saturated heterocycles. The number of nitrogens with zero attached hydrogens (tertiary/aromatic N) is 2. The molecule has 7 nitrogen and oxygen atoms in total. The Bertz CT molecular complexity index is 475. The molecular weight excluding hydrogens is 258 g/mol. The van der Waals surface area contributed by atoms with E-state index < -0.39 is 11.0 Å². The Morgan fingerprint density at radius 3 is 2.83 bits per heavy atom. The van der Waals surface area contributed by atoms with Gasteiger partial charge in [-0.3, -0.25) is 14.9 Å². The lowest BCUT2D eigenvalue weighted by molar-refractivity contribution is -0.380. The van der Waals surface area contributed by atoms with Gasteiger partial charge in [0.2, 0.25) is 0 Å². The lowest BCUT2D eigenvalue weighted by Crippen LogP contribution is -2.44. The number of aliphatic hydroxyl groups excluding tert-OH is 1. The van der Waals surface area contributed by atoms with Crippen molar-refractivity contribution in [2.45, 2.75) is 12.1 Å². The first-order valence-electron chi connectivity index (χ1n) is 5.41. The SMILES string of the molecule is CN(C(=O)c1ccc([N+](=O)[O-])s1)[C@@H]1CNC[C@H]1O. The molecule has 2 N–H and O–H groups in total. The Morgan fingerprint density at radius 1 is 1.61 bits per heavy atom. The van der Waals surface area contributed by atoms with Crippen molar-refractivity contribution in [2.75, 3.05) is 20.1 Å². The van der Waals surface area contributed by atoms with E-state index in [1.54, 1.807) is 7.05 Å². The fourth-order valence-electron chi connectivity index (χ4n) is 1.91. The van der Waals surface area contributed by atoms with Gasteiger partial charge in [0.15, 0.2) is 0 Å². The zero-order valence-electron chi connectivity index (χ0n) is 9.70. The van der Waals surface area contributed by atoms with Crippen LogP contribution in [0.2, 0.25) is 0 Å².